The molecule has 0 atom stereocenters. The van der Waals surface area contributed by atoms with E-state index in [1.165, 1.54) is 6.07 Å². The van der Waals surface area contributed by atoms with E-state index in [9.17, 15) is 13.2 Å². The third kappa shape index (κ3) is 2.92. The predicted molar refractivity (Wildman–Crippen MR) is 71.6 cm³/mol. The molecule has 1 radical (unpaired) electrons. The van der Waals surface area contributed by atoms with Crippen LogP contribution in [0.1, 0.15) is 5.56 Å². The Balaban J connectivity index is 0.00000161. The third-order valence-electron chi connectivity index (χ3n) is 3.19. The zero-order chi connectivity index (χ0) is 14.3. The monoisotopic (exact) mass is 469 g/mol. The van der Waals surface area contributed by atoms with Gasteiger partial charge in [0, 0.05) is 31.5 Å². The molecule has 0 bridgehead atoms. The van der Waals surface area contributed by atoms with E-state index in [1.807, 2.05) is 47.8 Å². The summed E-state index contributed by atoms with van der Waals surface area (Å²) in [5, 5.41) is 0. The molecule has 1 aliphatic rings. The Morgan fingerprint density at radius 2 is 1.71 bits per heavy atom. The number of rotatable bonds is 1. The molecule has 21 heavy (non-hydrogen) atoms. The van der Waals surface area contributed by atoms with E-state index in [-0.39, 0.29) is 20.1 Å². The molecule has 0 aromatic heterocycles. The molecule has 0 N–H and O–H groups in total. The summed E-state index contributed by atoms with van der Waals surface area (Å²) in [7, 11) is 1.89. The van der Waals surface area contributed by atoms with Crippen LogP contribution in [0.15, 0.2) is 42.5 Å². The van der Waals surface area contributed by atoms with Gasteiger partial charge in [-0.1, -0.05) is 17.7 Å². The third-order valence-corrected chi connectivity index (χ3v) is 3.19. The normalized spacial score (nSPS) is 13.9. The van der Waals surface area contributed by atoms with Crippen LogP contribution in [0, 0.1) is 12.7 Å². The Morgan fingerprint density at radius 3 is 2.29 bits per heavy atom. The van der Waals surface area contributed by atoms with Crippen molar-refractivity contribution in [1.29, 1.82) is 0 Å². The Hall–Kier alpha value is -1.52. The van der Waals surface area contributed by atoms with Crippen molar-refractivity contribution in [2.24, 2.45) is 0 Å². The van der Waals surface area contributed by atoms with E-state index in [4.69, 9.17) is 0 Å². The number of hydrogen-bond donors (Lipinski definition) is 0. The molecule has 6 heteroatoms. The fourth-order valence-electron chi connectivity index (χ4n) is 2.20. The smallest absolute Gasteiger partial charge is 0.370 e. The van der Waals surface area contributed by atoms with Gasteiger partial charge >= 0.3 is 6.18 Å². The summed E-state index contributed by atoms with van der Waals surface area (Å²) >= 11 is 0. The second kappa shape index (κ2) is 5.70. The zero-order valence-corrected chi connectivity index (χ0v) is 13.4. The second-order valence-corrected chi connectivity index (χ2v) is 4.55. The van der Waals surface area contributed by atoms with Gasteiger partial charge in [-0.2, -0.15) is 38.0 Å². The molecule has 113 valence electrons. The Bertz CT molecular complexity index is 626. The van der Waals surface area contributed by atoms with E-state index >= 15 is 0 Å². The van der Waals surface area contributed by atoms with Crippen LogP contribution in [-0.4, -0.2) is 7.05 Å². The summed E-state index contributed by atoms with van der Waals surface area (Å²) in [5.74, 6) is 0. The van der Waals surface area contributed by atoms with Crippen LogP contribution >= 0.6 is 0 Å². The van der Waals surface area contributed by atoms with Gasteiger partial charge in [0.2, 0.25) is 0 Å². The minimum atomic E-state index is -4.33. The minimum absolute atomic E-state index is 0. The number of anilines is 3. The first kappa shape index (κ1) is 15.9. The number of alkyl halides is 3. The van der Waals surface area contributed by atoms with Gasteiger partial charge in [-0.25, -0.2) is 0 Å². The first-order valence-corrected chi connectivity index (χ1v) is 6.02. The van der Waals surface area contributed by atoms with E-state index < -0.39 is 11.7 Å². The molecule has 0 saturated carbocycles. The fraction of sp³-hybridized carbons (Fsp3) is 0.133. The molecule has 0 saturated heterocycles. The maximum absolute atomic E-state index is 12.5. The molecule has 0 fully saturated rings. The number of nitrogens with zero attached hydrogens (tertiary/aromatic N) is 2. The number of benzene rings is 2. The van der Waals surface area contributed by atoms with Crippen LogP contribution in [0.4, 0.5) is 30.2 Å². The summed E-state index contributed by atoms with van der Waals surface area (Å²) in [6.07, 6.45) is -4.33. The molecule has 2 aromatic carbocycles. The molecule has 2 nitrogen and oxygen atoms in total. The predicted octanol–water partition coefficient (Wildman–Crippen LogP) is 4.21. The first-order valence-electron chi connectivity index (χ1n) is 6.02. The van der Waals surface area contributed by atoms with Gasteiger partial charge in [-0.05, 0) is 19.2 Å². The second-order valence-electron chi connectivity index (χ2n) is 4.55. The van der Waals surface area contributed by atoms with Gasteiger partial charge in [0.1, 0.15) is 0 Å². The Labute approximate surface area is 134 Å². The topological polar surface area (TPSA) is 6.48 Å². The zero-order valence-electron chi connectivity index (χ0n) is 11.0. The van der Waals surface area contributed by atoms with Crippen LogP contribution in [0.5, 0.6) is 0 Å². The van der Waals surface area contributed by atoms with Crippen molar-refractivity contribution < 1.29 is 33.3 Å². The van der Waals surface area contributed by atoms with Crippen molar-refractivity contribution in [2.45, 2.75) is 6.18 Å². The Kier molecular flexibility index (Phi) is 4.30. The van der Waals surface area contributed by atoms with E-state index in [0.29, 0.717) is 5.69 Å². The fourth-order valence-corrected chi connectivity index (χ4v) is 2.20. The summed E-state index contributed by atoms with van der Waals surface area (Å²) in [6.45, 7) is 1.82. The SMILES string of the molecule is CN1[CH-]N(c2[c-]cc(C(F)(F)F)cc2)c2ccccc21.[Ir]. The van der Waals surface area contributed by atoms with E-state index in [1.54, 1.807) is 0 Å². The summed E-state index contributed by atoms with van der Waals surface area (Å²) < 4.78 is 37.6. The molecule has 0 amide bonds. The molecule has 0 aliphatic carbocycles. The van der Waals surface area contributed by atoms with Crippen LogP contribution in [0.25, 0.3) is 0 Å². The molecule has 1 heterocycles. The number of para-hydroxylation sites is 2. The van der Waals surface area contributed by atoms with Crippen LogP contribution in [0.2, 0.25) is 0 Å². The van der Waals surface area contributed by atoms with Crippen LogP contribution < -0.4 is 9.80 Å². The van der Waals surface area contributed by atoms with Crippen LogP contribution in [0.3, 0.4) is 0 Å². The molecular formula is C15H11F3IrN2-2. The van der Waals surface area contributed by atoms with Gasteiger partial charge in [0.15, 0.2) is 0 Å². The maximum Gasteiger partial charge on any atom is 0.370 e. The Morgan fingerprint density at radius 1 is 1.05 bits per heavy atom. The molecule has 0 spiro atoms. The summed E-state index contributed by atoms with van der Waals surface area (Å²) in [5.41, 5.74) is 1.81. The van der Waals surface area contributed by atoms with Gasteiger partial charge in [0.25, 0.3) is 0 Å². The molecule has 3 rings (SSSR count). The molecular weight excluding hydrogens is 457 g/mol. The minimum Gasteiger partial charge on any atom is -0.504 e. The van der Waals surface area contributed by atoms with Gasteiger partial charge < -0.3 is 9.80 Å². The number of fused-ring (bicyclic) bond motifs is 1. The summed E-state index contributed by atoms with van der Waals surface area (Å²) in [4.78, 5) is 3.73. The van der Waals surface area contributed by atoms with Gasteiger partial charge in [0.05, 0.1) is 0 Å². The number of halogens is 3. The standard InChI is InChI=1S/C15H11F3N2.Ir/c1-19-10-20(14-5-3-2-4-13(14)19)12-8-6-11(7-9-12)15(16,17)18;/h2-8,10H,1H3;/q-2;. The van der Waals surface area contributed by atoms with E-state index in [2.05, 4.69) is 6.07 Å². The van der Waals surface area contributed by atoms with E-state index in [0.717, 1.165) is 23.5 Å². The quantitative estimate of drug-likeness (QED) is 0.579. The first-order chi connectivity index (χ1) is 9.47. The van der Waals surface area contributed by atoms with Crippen LogP contribution in [-0.2, 0) is 26.3 Å². The molecule has 0 unspecified atom stereocenters. The number of hydrogen-bond acceptors (Lipinski definition) is 2. The van der Waals surface area contributed by atoms with Gasteiger partial charge in [-0.3, -0.25) is 0 Å². The average molecular weight is 468 g/mol. The van der Waals surface area contributed by atoms with Crippen molar-refractivity contribution in [2.75, 3.05) is 16.8 Å². The maximum atomic E-state index is 12.5. The van der Waals surface area contributed by atoms with Crippen molar-refractivity contribution >= 4 is 17.1 Å². The average Bonchev–Trinajstić information content (AvgIpc) is 2.76. The van der Waals surface area contributed by atoms with Crippen molar-refractivity contribution in [3.8, 4) is 0 Å². The molecule has 1 aliphatic heterocycles. The summed E-state index contributed by atoms with van der Waals surface area (Å²) in [6, 6.07) is 13.9. The van der Waals surface area contributed by atoms with Crippen molar-refractivity contribution in [3.63, 3.8) is 0 Å². The molecule has 2 aromatic rings. The van der Waals surface area contributed by atoms with Crippen molar-refractivity contribution in [1.82, 2.24) is 0 Å². The van der Waals surface area contributed by atoms with Gasteiger partial charge in [-0.15, -0.1) is 11.8 Å². The van der Waals surface area contributed by atoms with Crippen molar-refractivity contribution in [3.05, 3.63) is 60.8 Å². The largest absolute Gasteiger partial charge is 0.504 e.